The topological polar surface area (TPSA) is 99.7 Å². The van der Waals surface area contributed by atoms with Gasteiger partial charge in [-0.05, 0) is 40.8 Å². The summed E-state index contributed by atoms with van der Waals surface area (Å²) in [6.07, 6.45) is 1.10. The minimum absolute atomic E-state index is 0.0172. The fourth-order valence-corrected chi connectivity index (χ4v) is 2.86. The second kappa shape index (κ2) is 10.1. The number of piperidine rings is 1. The molecule has 1 aliphatic heterocycles. The van der Waals surface area contributed by atoms with Gasteiger partial charge in [0, 0.05) is 38.3 Å². The molecule has 0 aliphatic carbocycles. The van der Waals surface area contributed by atoms with E-state index in [4.69, 9.17) is 4.74 Å². The largest absolute Gasteiger partial charge is 0.450 e. The summed E-state index contributed by atoms with van der Waals surface area (Å²) < 4.78 is 5.01. The molecule has 0 saturated carbocycles. The van der Waals surface area contributed by atoms with Gasteiger partial charge in [0.1, 0.15) is 17.3 Å². The first-order valence-electron chi connectivity index (χ1n) is 9.36. The quantitative estimate of drug-likeness (QED) is 0.733. The SMILES string of the molecule is CCOC(=O)N1CCC(NC(=O)c2cc(NCCN(C)C)nc(C)n2)CC1. The summed E-state index contributed by atoms with van der Waals surface area (Å²) in [4.78, 5) is 36.6. The summed E-state index contributed by atoms with van der Waals surface area (Å²) in [5.74, 6) is 0.976. The van der Waals surface area contributed by atoms with E-state index in [9.17, 15) is 9.59 Å². The van der Waals surface area contributed by atoms with Gasteiger partial charge in [-0.2, -0.15) is 0 Å². The number of amides is 2. The molecular formula is C18H30N6O3. The number of rotatable bonds is 7. The van der Waals surface area contributed by atoms with Gasteiger partial charge in [0.2, 0.25) is 0 Å². The number of likely N-dealkylation sites (N-methyl/N-ethyl adjacent to an activating group) is 1. The number of aromatic nitrogens is 2. The van der Waals surface area contributed by atoms with Crippen LogP contribution in [-0.4, -0.2) is 84.7 Å². The van der Waals surface area contributed by atoms with Crippen LogP contribution in [0.1, 0.15) is 36.1 Å². The van der Waals surface area contributed by atoms with Gasteiger partial charge in [0.25, 0.3) is 5.91 Å². The molecule has 1 aliphatic rings. The Morgan fingerprint density at radius 3 is 2.63 bits per heavy atom. The minimum atomic E-state index is -0.290. The van der Waals surface area contributed by atoms with Crippen LogP contribution in [0.4, 0.5) is 10.6 Å². The number of carbonyl (C=O) groups is 2. The lowest BCUT2D eigenvalue weighted by molar-refractivity contribution is 0.0856. The monoisotopic (exact) mass is 378 g/mol. The standard InChI is InChI=1S/C18H30N6O3/c1-5-27-18(26)24-9-6-14(7-10-24)22-17(25)15-12-16(21-13(2)20-15)19-8-11-23(3)4/h12,14H,5-11H2,1-4H3,(H,22,25)(H,19,20,21). The fraction of sp³-hybridized carbons (Fsp3) is 0.667. The van der Waals surface area contributed by atoms with Crippen molar-refractivity contribution in [2.24, 2.45) is 0 Å². The van der Waals surface area contributed by atoms with Crippen LogP contribution >= 0.6 is 0 Å². The van der Waals surface area contributed by atoms with Gasteiger partial charge in [-0.3, -0.25) is 4.79 Å². The zero-order valence-electron chi connectivity index (χ0n) is 16.6. The first kappa shape index (κ1) is 20.9. The number of ether oxygens (including phenoxy) is 1. The highest BCUT2D eigenvalue weighted by Gasteiger charge is 2.25. The Morgan fingerprint density at radius 1 is 1.30 bits per heavy atom. The molecule has 9 nitrogen and oxygen atoms in total. The van der Waals surface area contributed by atoms with Crippen molar-refractivity contribution >= 4 is 17.8 Å². The Balaban J connectivity index is 1.88. The first-order chi connectivity index (χ1) is 12.9. The van der Waals surface area contributed by atoms with Gasteiger partial charge >= 0.3 is 6.09 Å². The molecule has 27 heavy (non-hydrogen) atoms. The highest BCUT2D eigenvalue weighted by Crippen LogP contribution is 2.13. The van der Waals surface area contributed by atoms with Crippen LogP contribution in [0.15, 0.2) is 6.07 Å². The predicted molar refractivity (Wildman–Crippen MR) is 103 cm³/mol. The average molecular weight is 378 g/mol. The fourth-order valence-electron chi connectivity index (χ4n) is 2.86. The van der Waals surface area contributed by atoms with Crippen LogP contribution in [0.3, 0.4) is 0 Å². The van der Waals surface area contributed by atoms with Gasteiger partial charge in [0.05, 0.1) is 6.61 Å². The molecule has 2 N–H and O–H groups in total. The van der Waals surface area contributed by atoms with Crippen molar-refractivity contribution in [2.75, 3.05) is 52.2 Å². The van der Waals surface area contributed by atoms with E-state index >= 15 is 0 Å². The van der Waals surface area contributed by atoms with E-state index in [2.05, 4.69) is 25.5 Å². The van der Waals surface area contributed by atoms with Crippen molar-refractivity contribution in [1.82, 2.24) is 25.1 Å². The summed E-state index contributed by atoms with van der Waals surface area (Å²) in [6.45, 7) is 6.67. The molecule has 150 valence electrons. The van der Waals surface area contributed by atoms with Gasteiger partial charge in [-0.15, -0.1) is 0 Å². The molecule has 1 aromatic rings. The van der Waals surface area contributed by atoms with Crippen LogP contribution in [0.2, 0.25) is 0 Å². The molecule has 2 amide bonds. The lowest BCUT2D eigenvalue weighted by Gasteiger charge is -2.31. The van der Waals surface area contributed by atoms with Gasteiger partial charge in [0.15, 0.2) is 0 Å². The van der Waals surface area contributed by atoms with E-state index in [1.165, 1.54) is 0 Å². The molecular weight excluding hydrogens is 348 g/mol. The van der Waals surface area contributed by atoms with Crippen molar-refractivity contribution in [3.05, 3.63) is 17.6 Å². The van der Waals surface area contributed by atoms with Crippen LogP contribution in [-0.2, 0) is 4.74 Å². The van der Waals surface area contributed by atoms with Crippen molar-refractivity contribution in [3.8, 4) is 0 Å². The highest BCUT2D eigenvalue weighted by atomic mass is 16.6. The molecule has 0 aromatic carbocycles. The van der Waals surface area contributed by atoms with E-state index in [1.54, 1.807) is 24.8 Å². The summed E-state index contributed by atoms with van der Waals surface area (Å²) >= 11 is 0. The van der Waals surface area contributed by atoms with Crippen LogP contribution in [0.5, 0.6) is 0 Å². The number of nitrogens with one attached hydrogen (secondary N) is 2. The van der Waals surface area contributed by atoms with Crippen molar-refractivity contribution < 1.29 is 14.3 Å². The maximum absolute atomic E-state index is 12.6. The highest BCUT2D eigenvalue weighted by molar-refractivity contribution is 5.93. The zero-order chi connectivity index (χ0) is 19.8. The van der Waals surface area contributed by atoms with Crippen molar-refractivity contribution in [2.45, 2.75) is 32.7 Å². The molecule has 2 rings (SSSR count). The number of carbonyl (C=O) groups excluding carboxylic acids is 2. The summed E-state index contributed by atoms with van der Waals surface area (Å²) in [5.41, 5.74) is 0.350. The van der Waals surface area contributed by atoms with Crippen LogP contribution in [0, 0.1) is 6.92 Å². The van der Waals surface area contributed by atoms with Gasteiger partial charge < -0.3 is 25.2 Å². The lowest BCUT2D eigenvalue weighted by atomic mass is 10.1. The molecule has 1 aromatic heterocycles. The van der Waals surface area contributed by atoms with Crippen molar-refractivity contribution in [3.63, 3.8) is 0 Å². The Kier molecular flexibility index (Phi) is 7.78. The van der Waals surface area contributed by atoms with Crippen LogP contribution in [0.25, 0.3) is 0 Å². The minimum Gasteiger partial charge on any atom is -0.450 e. The maximum Gasteiger partial charge on any atom is 0.409 e. The predicted octanol–water partition coefficient (Wildman–Crippen LogP) is 1.11. The third-order valence-corrected chi connectivity index (χ3v) is 4.29. The first-order valence-corrected chi connectivity index (χ1v) is 9.36. The smallest absolute Gasteiger partial charge is 0.409 e. The lowest BCUT2D eigenvalue weighted by Crippen LogP contribution is -2.46. The normalized spacial score (nSPS) is 14.9. The number of likely N-dealkylation sites (tertiary alicyclic amines) is 1. The van der Waals surface area contributed by atoms with Gasteiger partial charge in [-0.25, -0.2) is 14.8 Å². The summed E-state index contributed by atoms with van der Waals surface area (Å²) in [5, 5.41) is 6.23. The van der Waals surface area contributed by atoms with Gasteiger partial charge in [-0.1, -0.05) is 0 Å². The maximum atomic E-state index is 12.6. The molecule has 2 heterocycles. The Hall–Kier alpha value is -2.42. The molecule has 1 saturated heterocycles. The second-order valence-corrected chi connectivity index (χ2v) is 6.85. The molecule has 0 radical (unpaired) electrons. The molecule has 0 spiro atoms. The third-order valence-electron chi connectivity index (χ3n) is 4.29. The average Bonchev–Trinajstić information content (AvgIpc) is 2.61. The Labute approximate surface area is 160 Å². The Morgan fingerprint density at radius 2 is 2.00 bits per heavy atom. The van der Waals surface area contributed by atoms with E-state index < -0.39 is 0 Å². The van der Waals surface area contributed by atoms with Crippen molar-refractivity contribution in [1.29, 1.82) is 0 Å². The van der Waals surface area contributed by atoms with E-state index in [1.807, 2.05) is 14.1 Å². The number of hydrogen-bond donors (Lipinski definition) is 2. The van der Waals surface area contributed by atoms with E-state index in [0.29, 0.717) is 49.9 Å². The van der Waals surface area contributed by atoms with E-state index in [-0.39, 0.29) is 18.0 Å². The zero-order valence-corrected chi connectivity index (χ0v) is 16.6. The molecule has 0 atom stereocenters. The Bertz CT molecular complexity index is 644. The number of nitrogens with zero attached hydrogens (tertiary/aromatic N) is 4. The molecule has 1 fully saturated rings. The second-order valence-electron chi connectivity index (χ2n) is 6.85. The summed E-state index contributed by atoms with van der Waals surface area (Å²) in [6, 6.07) is 1.69. The summed E-state index contributed by atoms with van der Waals surface area (Å²) in [7, 11) is 4.00. The number of hydrogen-bond acceptors (Lipinski definition) is 7. The van der Waals surface area contributed by atoms with E-state index in [0.717, 1.165) is 13.1 Å². The molecule has 0 bridgehead atoms. The third kappa shape index (κ3) is 6.67. The number of aryl methyl sites for hydroxylation is 1. The molecule has 0 unspecified atom stereocenters. The van der Waals surface area contributed by atoms with Crippen LogP contribution < -0.4 is 10.6 Å². The molecule has 9 heteroatoms. The number of anilines is 1.